The maximum absolute atomic E-state index is 9.89. The molecule has 3 rings (SSSR count). The van der Waals surface area contributed by atoms with Gasteiger partial charge in [0.1, 0.15) is 0 Å². The van der Waals surface area contributed by atoms with Crippen LogP contribution in [0, 0.1) is 5.92 Å². The average Bonchev–Trinajstić information content (AvgIpc) is 2.63. The molecule has 3 aliphatic heterocycles. The van der Waals surface area contributed by atoms with E-state index < -0.39 is 24.6 Å². The molecule has 0 aromatic carbocycles. The number of ether oxygens (including phenoxy) is 5. The summed E-state index contributed by atoms with van der Waals surface area (Å²) in [5.41, 5.74) is 0. The normalized spacial score (nSPS) is 44.8. The van der Waals surface area contributed by atoms with E-state index in [0.717, 1.165) is 6.42 Å². The Labute approximate surface area is 154 Å². The Morgan fingerprint density at radius 2 is 1.69 bits per heavy atom. The highest BCUT2D eigenvalue weighted by Gasteiger charge is 2.36. The van der Waals surface area contributed by atoms with Crippen LogP contribution in [0.3, 0.4) is 0 Å². The van der Waals surface area contributed by atoms with Crippen molar-refractivity contribution in [3.63, 3.8) is 0 Å². The molecule has 3 aliphatic rings. The monoisotopic (exact) mass is 376 g/mol. The fraction of sp³-hybridized carbons (Fsp3) is 1.00. The molecule has 0 radical (unpaired) electrons. The molecule has 3 fully saturated rings. The van der Waals surface area contributed by atoms with Gasteiger partial charge in [-0.15, -0.1) is 0 Å². The molecule has 3 saturated heterocycles. The highest BCUT2D eigenvalue weighted by Crippen LogP contribution is 2.29. The lowest BCUT2D eigenvalue weighted by Gasteiger charge is -2.39. The first kappa shape index (κ1) is 20.4. The minimum absolute atomic E-state index is 0.132. The third-order valence-corrected chi connectivity index (χ3v) is 5.29. The summed E-state index contributed by atoms with van der Waals surface area (Å²) in [6, 6.07) is 0. The van der Waals surface area contributed by atoms with E-state index in [1.165, 1.54) is 0 Å². The van der Waals surface area contributed by atoms with Crippen LogP contribution >= 0.6 is 0 Å². The zero-order valence-electron chi connectivity index (χ0n) is 15.4. The van der Waals surface area contributed by atoms with Crippen LogP contribution in [0.1, 0.15) is 39.0 Å². The summed E-state index contributed by atoms with van der Waals surface area (Å²) in [6.07, 6.45) is 0.454. The molecule has 8 nitrogen and oxygen atoms in total. The summed E-state index contributed by atoms with van der Waals surface area (Å²) < 4.78 is 29.0. The van der Waals surface area contributed by atoms with E-state index in [2.05, 4.69) is 6.92 Å². The van der Waals surface area contributed by atoms with Crippen molar-refractivity contribution >= 4 is 0 Å². The second-order valence-corrected chi connectivity index (χ2v) is 7.54. The van der Waals surface area contributed by atoms with Gasteiger partial charge in [0.2, 0.25) is 0 Å². The highest BCUT2D eigenvalue weighted by atomic mass is 16.7. The van der Waals surface area contributed by atoms with Crippen molar-refractivity contribution in [3.8, 4) is 0 Å². The third-order valence-electron chi connectivity index (χ3n) is 5.29. The molecular formula is C18H32O8. The summed E-state index contributed by atoms with van der Waals surface area (Å²) in [5.74, 6) is 0.169. The largest absolute Gasteiger partial charge is 0.394 e. The lowest BCUT2D eigenvalue weighted by molar-refractivity contribution is -0.277. The summed E-state index contributed by atoms with van der Waals surface area (Å²) in [6.45, 7) is 3.15. The van der Waals surface area contributed by atoms with E-state index >= 15 is 0 Å². The number of hydrogen-bond acceptors (Lipinski definition) is 8. The molecule has 0 aromatic rings. The summed E-state index contributed by atoms with van der Waals surface area (Å²) in [4.78, 5) is 0. The molecule has 0 amide bonds. The van der Waals surface area contributed by atoms with Gasteiger partial charge >= 0.3 is 0 Å². The molecule has 0 aromatic heterocycles. The fourth-order valence-electron chi connectivity index (χ4n) is 3.89. The van der Waals surface area contributed by atoms with Gasteiger partial charge in [0, 0.05) is 25.2 Å². The Balaban J connectivity index is 1.48. The van der Waals surface area contributed by atoms with Crippen LogP contribution in [-0.2, 0) is 23.7 Å². The Hall–Kier alpha value is -0.320. The van der Waals surface area contributed by atoms with Crippen molar-refractivity contribution < 1.29 is 39.0 Å². The minimum atomic E-state index is -0.548. The zero-order valence-corrected chi connectivity index (χ0v) is 15.4. The van der Waals surface area contributed by atoms with Crippen molar-refractivity contribution in [2.24, 2.45) is 5.92 Å². The molecule has 0 bridgehead atoms. The Bertz CT molecular complexity index is 422. The Morgan fingerprint density at radius 1 is 0.923 bits per heavy atom. The highest BCUT2D eigenvalue weighted by molar-refractivity contribution is 4.79. The molecule has 26 heavy (non-hydrogen) atoms. The van der Waals surface area contributed by atoms with Gasteiger partial charge in [-0.1, -0.05) is 6.92 Å². The number of aliphatic hydroxyl groups excluding tert-OH is 3. The first-order valence-corrected chi connectivity index (χ1v) is 9.70. The lowest BCUT2D eigenvalue weighted by Crippen LogP contribution is -2.46. The third kappa shape index (κ3) is 5.59. The summed E-state index contributed by atoms with van der Waals surface area (Å²) >= 11 is 0. The first-order valence-electron chi connectivity index (χ1n) is 9.70. The van der Waals surface area contributed by atoms with Gasteiger partial charge in [0.15, 0.2) is 12.6 Å². The van der Waals surface area contributed by atoms with Gasteiger partial charge in [0.05, 0.1) is 56.9 Å². The Kier molecular flexibility index (Phi) is 7.65. The van der Waals surface area contributed by atoms with Crippen molar-refractivity contribution in [1.29, 1.82) is 0 Å². The number of hydrogen-bond donors (Lipinski definition) is 3. The maximum Gasteiger partial charge on any atom is 0.161 e. The van der Waals surface area contributed by atoms with Gasteiger partial charge in [-0.05, 0) is 12.8 Å². The van der Waals surface area contributed by atoms with E-state index in [-0.39, 0.29) is 31.0 Å². The number of aliphatic hydroxyl groups is 3. The second-order valence-electron chi connectivity index (χ2n) is 7.54. The van der Waals surface area contributed by atoms with Gasteiger partial charge < -0.3 is 39.0 Å². The summed E-state index contributed by atoms with van der Waals surface area (Å²) in [7, 11) is 0. The van der Waals surface area contributed by atoms with Crippen LogP contribution < -0.4 is 0 Å². The van der Waals surface area contributed by atoms with E-state index in [9.17, 15) is 15.3 Å². The van der Waals surface area contributed by atoms with Crippen molar-refractivity contribution in [2.75, 3.05) is 26.4 Å². The van der Waals surface area contributed by atoms with Crippen LogP contribution in [0.5, 0.6) is 0 Å². The van der Waals surface area contributed by atoms with Crippen LogP contribution in [0.4, 0.5) is 0 Å². The topological polar surface area (TPSA) is 107 Å². The molecule has 8 atom stereocenters. The first-order chi connectivity index (χ1) is 12.6. The number of rotatable bonds is 6. The average molecular weight is 376 g/mol. The van der Waals surface area contributed by atoms with Crippen LogP contribution in [-0.4, -0.2) is 84.8 Å². The standard InChI is InChI=1S/C18H32O8/c1-2-11-3-13(21)8-23-18(11)26-16-6-15(9-22-10-16)25-17-5-12(20)4-14(7-19)24-17/h11-21H,2-10H2,1H3/t11-,12-,13+,14?,15-,16+,17-,18-/m1/s1. The molecule has 0 spiro atoms. The van der Waals surface area contributed by atoms with Crippen molar-refractivity contribution in [1.82, 2.24) is 0 Å². The molecule has 3 heterocycles. The van der Waals surface area contributed by atoms with Crippen LogP contribution in [0.2, 0.25) is 0 Å². The minimum Gasteiger partial charge on any atom is -0.394 e. The molecule has 3 N–H and O–H groups in total. The SMILES string of the molecule is CC[C@@H]1C[C@H](O)CO[C@@H]1O[C@@H]1COC[C@H](O[C@@H]2C[C@H](O)CC(CO)O2)C1. The van der Waals surface area contributed by atoms with E-state index in [1.807, 2.05) is 0 Å². The van der Waals surface area contributed by atoms with Crippen LogP contribution in [0.25, 0.3) is 0 Å². The van der Waals surface area contributed by atoms with Gasteiger partial charge in [-0.2, -0.15) is 0 Å². The molecule has 0 saturated carbocycles. The predicted molar refractivity (Wildman–Crippen MR) is 90.3 cm³/mol. The van der Waals surface area contributed by atoms with E-state index in [0.29, 0.717) is 45.5 Å². The molecule has 0 aliphatic carbocycles. The quantitative estimate of drug-likeness (QED) is 0.602. The molecule has 1 unspecified atom stereocenters. The predicted octanol–water partition coefficient (Wildman–Crippen LogP) is 0.169. The van der Waals surface area contributed by atoms with Crippen molar-refractivity contribution in [2.45, 2.75) is 82.1 Å². The van der Waals surface area contributed by atoms with E-state index in [1.54, 1.807) is 0 Å². The van der Waals surface area contributed by atoms with Gasteiger partial charge in [-0.25, -0.2) is 0 Å². The lowest BCUT2D eigenvalue weighted by atomic mass is 9.95. The molecular weight excluding hydrogens is 344 g/mol. The van der Waals surface area contributed by atoms with Gasteiger partial charge in [-0.3, -0.25) is 0 Å². The second kappa shape index (κ2) is 9.75. The summed E-state index contributed by atoms with van der Waals surface area (Å²) in [5, 5.41) is 28.9. The molecule has 8 heteroatoms. The van der Waals surface area contributed by atoms with Gasteiger partial charge in [0.25, 0.3) is 0 Å². The van der Waals surface area contributed by atoms with Crippen molar-refractivity contribution in [3.05, 3.63) is 0 Å². The molecule has 152 valence electrons. The van der Waals surface area contributed by atoms with Crippen LogP contribution in [0.15, 0.2) is 0 Å². The zero-order chi connectivity index (χ0) is 18.5. The smallest absolute Gasteiger partial charge is 0.161 e. The Morgan fingerprint density at radius 3 is 2.42 bits per heavy atom. The fourth-order valence-corrected chi connectivity index (χ4v) is 3.89. The van der Waals surface area contributed by atoms with E-state index in [4.69, 9.17) is 23.7 Å². The maximum atomic E-state index is 9.89.